The van der Waals surface area contributed by atoms with Crippen molar-refractivity contribution in [2.75, 3.05) is 6.54 Å². The first-order valence-electron chi connectivity index (χ1n) is 5.19. The van der Waals surface area contributed by atoms with Crippen molar-refractivity contribution in [3.8, 4) is 0 Å². The molecule has 12 heavy (non-hydrogen) atoms. The largest absolute Gasteiger partial charge is 0.390 e. The molecule has 0 bridgehead atoms. The molecule has 0 aromatic heterocycles. The van der Waals surface area contributed by atoms with Crippen molar-refractivity contribution in [1.82, 2.24) is 0 Å². The maximum atomic E-state index is 10.3. The minimum atomic E-state index is -0.379. The van der Waals surface area contributed by atoms with Crippen LogP contribution in [0.1, 0.15) is 38.5 Å². The maximum Gasteiger partial charge on any atom is 0.0690 e. The van der Waals surface area contributed by atoms with Crippen molar-refractivity contribution in [1.29, 1.82) is 0 Å². The lowest BCUT2D eigenvalue weighted by atomic mass is 9.85. The third-order valence-electron chi connectivity index (χ3n) is 3.87. The van der Waals surface area contributed by atoms with Crippen LogP contribution in [-0.4, -0.2) is 17.3 Å². The van der Waals surface area contributed by atoms with E-state index in [-0.39, 0.29) is 5.60 Å². The predicted molar refractivity (Wildman–Crippen MR) is 48.7 cm³/mol. The van der Waals surface area contributed by atoms with E-state index in [9.17, 15) is 5.11 Å². The lowest BCUT2D eigenvalue weighted by Crippen LogP contribution is -2.35. The van der Waals surface area contributed by atoms with Crippen LogP contribution in [0, 0.1) is 11.8 Å². The molecule has 2 fully saturated rings. The van der Waals surface area contributed by atoms with Crippen LogP contribution in [0.25, 0.3) is 0 Å². The quantitative estimate of drug-likeness (QED) is 0.654. The molecule has 0 aliphatic heterocycles. The molecule has 3 N–H and O–H groups in total. The molecule has 2 rings (SSSR count). The van der Waals surface area contributed by atoms with Gasteiger partial charge in [0.15, 0.2) is 0 Å². The zero-order chi connectivity index (χ0) is 8.60. The zero-order valence-corrected chi connectivity index (χ0v) is 7.63. The normalized spacial score (nSPS) is 46.5. The first-order valence-corrected chi connectivity index (χ1v) is 5.19. The van der Waals surface area contributed by atoms with Gasteiger partial charge in [-0.1, -0.05) is 12.8 Å². The molecule has 2 heteroatoms. The van der Waals surface area contributed by atoms with Gasteiger partial charge < -0.3 is 10.8 Å². The summed E-state index contributed by atoms with van der Waals surface area (Å²) in [4.78, 5) is 0. The topological polar surface area (TPSA) is 46.2 Å². The lowest BCUT2D eigenvalue weighted by molar-refractivity contribution is -0.00751. The van der Waals surface area contributed by atoms with E-state index in [1.807, 2.05) is 0 Å². The molecular formula is C10H19NO. The molecule has 2 aliphatic carbocycles. The molecule has 0 heterocycles. The SMILES string of the molecule is NCCC1(O)CCC2CCCC21. The minimum Gasteiger partial charge on any atom is -0.390 e. The van der Waals surface area contributed by atoms with Gasteiger partial charge in [0.2, 0.25) is 0 Å². The fourth-order valence-corrected chi connectivity index (χ4v) is 3.27. The van der Waals surface area contributed by atoms with Crippen molar-refractivity contribution < 1.29 is 5.11 Å². The van der Waals surface area contributed by atoms with Crippen LogP contribution < -0.4 is 5.73 Å². The number of fused-ring (bicyclic) bond motifs is 1. The Morgan fingerprint density at radius 1 is 1.33 bits per heavy atom. The molecule has 0 spiro atoms. The van der Waals surface area contributed by atoms with Gasteiger partial charge >= 0.3 is 0 Å². The Bertz CT molecular complexity index is 167. The van der Waals surface area contributed by atoms with Crippen LogP contribution in [0.15, 0.2) is 0 Å². The van der Waals surface area contributed by atoms with E-state index in [1.165, 1.54) is 25.7 Å². The molecule has 70 valence electrons. The summed E-state index contributed by atoms with van der Waals surface area (Å²) in [5.74, 6) is 1.41. The average molecular weight is 169 g/mol. The van der Waals surface area contributed by atoms with Gasteiger partial charge in [-0.05, 0) is 44.1 Å². The van der Waals surface area contributed by atoms with E-state index in [1.54, 1.807) is 0 Å². The highest BCUT2D eigenvalue weighted by Gasteiger charge is 2.48. The van der Waals surface area contributed by atoms with Crippen LogP contribution in [0.3, 0.4) is 0 Å². The molecule has 2 nitrogen and oxygen atoms in total. The second-order valence-electron chi connectivity index (χ2n) is 4.48. The monoisotopic (exact) mass is 169 g/mol. The molecule has 0 amide bonds. The Morgan fingerprint density at radius 2 is 2.17 bits per heavy atom. The van der Waals surface area contributed by atoms with E-state index in [2.05, 4.69) is 0 Å². The van der Waals surface area contributed by atoms with Crippen LogP contribution in [-0.2, 0) is 0 Å². The molecule has 3 atom stereocenters. The Hall–Kier alpha value is -0.0800. The number of aliphatic hydroxyl groups is 1. The Morgan fingerprint density at radius 3 is 2.92 bits per heavy atom. The van der Waals surface area contributed by atoms with E-state index in [0.29, 0.717) is 12.5 Å². The second kappa shape index (κ2) is 3.00. The Kier molecular flexibility index (Phi) is 2.13. The van der Waals surface area contributed by atoms with Gasteiger partial charge in [0.1, 0.15) is 0 Å². The third-order valence-corrected chi connectivity index (χ3v) is 3.87. The summed E-state index contributed by atoms with van der Waals surface area (Å²) >= 11 is 0. The van der Waals surface area contributed by atoms with Crippen LogP contribution in [0.2, 0.25) is 0 Å². The van der Waals surface area contributed by atoms with Gasteiger partial charge in [-0.15, -0.1) is 0 Å². The highest BCUT2D eigenvalue weighted by Crippen LogP contribution is 2.50. The van der Waals surface area contributed by atoms with Gasteiger partial charge in [0, 0.05) is 0 Å². The summed E-state index contributed by atoms with van der Waals surface area (Å²) < 4.78 is 0. The number of hydrogen-bond acceptors (Lipinski definition) is 2. The molecule has 2 saturated carbocycles. The van der Waals surface area contributed by atoms with Crippen molar-refractivity contribution in [2.24, 2.45) is 17.6 Å². The average Bonchev–Trinajstić information content (AvgIpc) is 2.57. The van der Waals surface area contributed by atoms with Crippen LogP contribution in [0.5, 0.6) is 0 Å². The van der Waals surface area contributed by atoms with E-state index >= 15 is 0 Å². The zero-order valence-electron chi connectivity index (χ0n) is 7.63. The fraction of sp³-hybridized carbons (Fsp3) is 1.00. The standard InChI is InChI=1S/C10H19NO/c11-7-6-10(12)5-4-8-2-1-3-9(8)10/h8-9,12H,1-7,11H2. The van der Waals surface area contributed by atoms with E-state index < -0.39 is 0 Å². The summed E-state index contributed by atoms with van der Waals surface area (Å²) in [5, 5.41) is 10.3. The molecular weight excluding hydrogens is 150 g/mol. The molecule has 3 unspecified atom stereocenters. The van der Waals surface area contributed by atoms with Crippen molar-refractivity contribution in [3.63, 3.8) is 0 Å². The first kappa shape index (κ1) is 8.52. The van der Waals surface area contributed by atoms with Crippen molar-refractivity contribution in [2.45, 2.75) is 44.1 Å². The summed E-state index contributed by atoms with van der Waals surface area (Å²) in [7, 11) is 0. The number of rotatable bonds is 2. The third kappa shape index (κ3) is 1.17. The Labute approximate surface area is 74.1 Å². The van der Waals surface area contributed by atoms with Gasteiger partial charge in [-0.25, -0.2) is 0 Å². The van der Waals surface area contributed by atoms with Crippen molar-refractivity contribution >= 4 is 0 Å². The number of nitrogens with two attached hydrogens (primary N) is 1. The second-order valence-corrected chi connectivity index (χ2v) is 4.48. The molecule has 2 aliphatic rings. The first-order chi connectivity index (χ1) is 5.76. The highest BCUT2D eigenvalue weighted by atomic mass is 16.3. The highest BCUT2D eigenvalue weighted by molar-refractivity contribution is 4.99. The maximum absolute atomic E-state index is 10.3. The van der Waals surface area contributed by atoms with Gasteiger partial charge in [0.05, 0.1) is 5.60 Å². The smallest absolute Gasteiger partial charge is 0.0690 e. The number of hydrogen-bond donors (Lipinski definition) is 2. The fourth-order valence-electron chi connectivity index (χ4n) is 3.27. The molecule has 0 saturated heterocycles. The van der Waals surface area contributed by atoms with Crippen LogP contribution >= 0.6 is 0 Å². The van der Waals surface area contributed by atoms with Crippen molar-refractivity contribution in [3.05, 3.63) is 0 Å². The molecule has 0 aromatic carbocycles. The predicted octanol–water partition coefficient (Wildman–Crippen LogP) is 1.28. The summed E-state index contributed by atoms with van der Waals surface area (Å²) in [6.07, 6.45) is 6.95. The van der Waals surface area contributed by atoms with Gasteiger partial charge in [0.25, 0.3) is 0 Å². The van der Waals surface area contributed by atoms with Gasteiger partial charge in [-0.2, -0.15) is 0 Å². The molecule has 0 radical (unpaired) electrons. The lowest BCUT2D eigenvalue weighted by Gasteiger charge is -2.29. The minimum absolute atomic E-state index is 0.379. The van der Waals surface area contributed by atoms with Crippen LogP contribution in [0.4, 0.5) is 0 Å². The van der Waals surface area contributed by atoms with E-state index in [0.717, 1.165) is 18.8 Å². The summed E-state index contributed by atoms with van der Waals surface area (Å²) in [6.45, 7) is 0.639. The summed E-state index contributed by atoms with van der Waals surface area (Å²) in [6, 6.07) is 0. The molecule has 0 aromatic rings. The van der Waals surface area contributed by atoms with E-state index in [4.69, 9.17) is 5.73 Å². The Balaban J connectivity index is 2.06. The summed E-state index contributed by atoms with van der Waals surface area (Å²) in [5.41, 5.74) is 5.14. The van der Waals surface area contributed by atoms with Gasteiger partial charge in [-0.3, -0.25) is 0 Å².